The number of nitrogens with zero attached hydrogens (tertiary/aromatic N) is 1. The maximum absolute atomic E-state index is 11.5. The average Bonchev–Trinajstić information content (AvgIpc) is 2.29. The Morgan fingerprint density at radius 2 is 2.38 bits per heavy atom. The fourth-order valence-electron chi connectivity index (χ4n) is 1.80. The van der Waals surface area contributed by atoms with Crippen LogP contribution in [0.1, 0.15) is 33.6 Å². The van der Waals surface area contributed by atoms with Crippen LogP contribution in [0, 0.1) is 0 Å². The fraction of sp³-hybridized carbons (Fsp3) is 0.900. The third-order valence-electron chi connectivity index (χ3n) is 2.93. The lowest BCUT2D eigenvalue weighted by Crippen LogP contribution is -2.46. The van der Waals surface area contributed by atoms with Gasteiger partial charge >= 0.3 is 0 Å². The van der Waals surface area contributed by atoms with Gasteiger partial charge in [-0.25, -0.2) is 0 Å². The van der Waals surface area contributed by atoms with Gasteiger partial charge in [0.15, 0.2) is 0 Å². The number of carbonyl (C=O) groups is 1. The van der Waals surface area contributed by atoms with Crippen LogP contribution in [0.2, 0.25) is 0 Å². The van der Waals surface area contributed by atoms with Gasteiger partial charge in [-0.2, -0.15) is 0 Å². The third-order valence-corrected chi connectivity index (χ3v) is 2.93. The van der Waals surface area contributed by atoms with Crippen molar-refractivity contribution in [2.45, 2.75) is 45.7 Å². The summed E-state index contributed by atoms with van der Waals surface area (Å²) in [4.78, 5) is 13.8. The summed E-state index contributed by atoms with van der Waals surface area (Å²) in [6.45, 7) is 8.22. The summed E-state index contributed by atoms with van der Waals surface area (Å²) >= 11 is 0. The van der Waals surface area contributed by atoms with E-state index in [0.29, 0.717) is 6.04 Å². The van der Waals surface area contributed by atoms with E-state index in [0.717, 1.165) is 25.9 Å². The molecule has 0 spiro atoms. The van der Waals surface area contributed by atoms with Crippen molar-refractivity contribution in [3.63, 3.8) is 0 Å². The second-order valence-corrected chi connectivity index (χ2v) is 3.82. The zero-order valence-electron chi connectivity index (χ0n) is 8.84. The normalized spacial score (nSPS) is 27.9. The Labute approximate surface area is 80.5 Å². The SMILES string of the molecule is CCC(C)N1CCCNC(=O)C1C. The molecule has 1 N–H and O–H groups in total. The summed E-state index contributed by atoms with van der Waals surface area (Å²) in [5, 5.41) is 2.92. The monoisotopic (exact) mass is 184 g/mol. The van der Waals surface area contributed by atoms with Crippen LogP contribution in [-0.4, -0.2) is 36.0 Å². The maximum atomic E-state index is 11.5. The van der Waals surface area contributed by atoms with Crippen molar-refractivity contribution in [1.29, 1.82) is 0 Å². The number of hydrogen-bond donors (Lipinski definition) is 1. The molecule has 1 heterocycles. The highest BCUT2D eigenvalue weighted by atomic mass is 16.2. The molecule has 3 nitrogen and oxygen atoms in total. The smallest absolute Gasteiger partial charge is 0.237 e. The first-order valence-corrected chi connectivity index (χ1v) is 5.20. The molecule has 2 atom stereocenters. The minimum atomic E-state index is 0.0393. The van der Waals surface area contributed by atoms with Crippen molar-refractivity contribution in [2.24, 2.45) is 0 Å². The molecule has 0 bridgehead atoms. The van der Waals surface area contributed by atoms with Crippen LogP contribution in [0.5, 0.6) is 0 Å². The van der Waals surface area contributed by atoms with Gasteiger partial charge in [-0.05, 0) is 26.7 Å². The van der Waals surface area contributed by atoms with Crippen molar-refractivity contribution < 1.29 is 4.79 Å². The van der Waals surface area contributed by atoms with E-state index in [1.165, 1.54) is 0 Å². The molecule has 13 heavy (non-hydrogen) atoms. The highest BCUT2D eigenvalue weighted by Crippen LogP contribution is 2.11. The van der Waals surface area contributed by atoms with Gasteiger partial charge in [0.2, 0.25) is 5.91 Å². The number of carbonyl (C=O) groups excluding carboxylic acids is 1. The molecule has 2 unspecified atom stereocenters. The molecule has 1 aliphatic rings. The van der Waals surface area contributed by atoms with Crippen LogP contribution in [0.3, 0.4) is 0 Å². The zero-order valence-corrected chi connectivity index (χ0v) is 8.84. The maximum Gasteiger partial charge on any atom is 0.237 e. The first-order chi connectivity index (χ1) is 6.16. The first-order valence-electron chi connectivity index (χ1n) is 5.20. The van der Waals surface area contributed by atoms with Gasteiger partial charge in [0.05, 0.1) is 6.04 Å². The van der Waals surface area contributed by atoms with Gasteiger partial charge in [0.1, 0.15) is 0 Å². The fourth-order valence-corrected chi connectivity index (χ4v) is 1.80. The lowest BCUT2D eigenvalue weighted by molar-refractivity contribution is -0.125. The van der Waals surface area contributed by atoms with E-state index in [9.17, 15) is 4.79 Å². The Morgan fingerprint density at radius 1 is 1.69 bits per heavy atom. The molecule has 1 saturated heterocycles. The van der Waals surface area contributed by atoms with E-state index in [1.54, 1.807) is 0 Å². The summed E-state index contributed by atoms with van der Waals surface area (Å²) in [6, 6.07) is 0.552. The van der Waals surface area contributed by atoms with Crippen LogP contribution < -0.4 is 5.32 Å². The summed E-state index contributed by atoms with van der Waals surface area (Å²) < 4.78 is 0. The summed E-state index contributed by atoms with van der Waals surface area (Å²) in [6.07, 6.45) is 2.18. The summed E-state index contributed by atoms with van der Waals surface area (Å²) in [7, 11) is 0. The predicted octanol–water partition coefficient (Wildman–Crippen LogP) is 0.995. The van der Waals surface area contributed by atoms with E-state index in [-0.39, 0.29) is 11.9 Å². The highest BCUT2D eigenvalue weighted by molar-refractivity contribution is 5.81. The number of nitrogens with one attached hydrogen (secondary N) is 1. The number of amides is 1. The van der Waals surface area contributed by atoms with Gasteiger partial charge in [-0.3, -0.25) is 9.69 Å². The second-order valence-electron chi connectivity index (χ2n) is 3.82. The molecule has 1 aliphatic heterocycles. The topological polar surface area (TPSA) is 32.3 Å². The van der Waals surface area contributed by atoms with E-state index >= 15 is 0 Å². The zero-order chi connectivity index (χ0) is 9.84. The molecule has 0 saturated carbocycles. The summed E-state index contributed by atoms with van der Waals surface area (Å²) in [5.74, 6) is 0.179. The molecule has 0 aromatic heterocycles. The third kappa shape index (κ3) is 2.44. The Kier molecular flexibility index (Phi) is 3.72. The molecule has 3 heteroatoms. The van der Waals surface area contributed by atoms with Gasteiger partial charge in [-0.1, -0.05) is 6.92 Å². The van der Waals surface area contributed by atoms with E-state index in [2.05, 4.69) is 24.1 Å². The Balaban J connectivity index is 2.64. The Hall–Kier alpha value is -0.570. The van der Waals surface area contributed by atoms with Crippen molar-refractivity contribution >= 4 is 5.91 Å². The molecule has 0 aliphatic carbocycles. The van der Waals surface area contributed by atoms with Crippen LogP contribution in [0.15, 0.2) is 0 Å². The molecule has 0 aromatic carbocycles. The Bertz CT molecular complexity index is 182. The van der Waals surface area contributed by atoms with Crippen molar-refractivity contribution in [2.75, 3.05) is 13.1 Å². The number of hydrogen-bond acceptors (Lipinski definition) is 2. The summed E-state index contributed by atoms with van der Waals surface area (Å²) in [5.41, 5.74) is 0. The second kappa shape index (κ2) is 4.61. The van der Waals surface area contributed by atoms with Crippen LogP contribution in [-0.2, 0) is 4.79 Å². The highest BCUT2D eigenvalue weighted by Gasteiger charge is 2.26. The van der Waals surface area contributed by atoms with Crippen LogP contribution >= 0.6 is 0 Å². The number of rotatable bonds is 2. The minimum absolute atomic E-state index is 0.0393. The molecule has 1 fully saturated rings. The van der Waals surface area contributed by atoms with E-state index in [1.807, 2.05) is 6.92 Å². The molecule has 0 aromatic rings. The van der Waals surface area contributed by atoms with E-state index in [4.69, 9.17) is 0 Å². The van der Waals surface area contributed by atoms with Crippen LogP contribution in [0.4, 0.5) is 0 Å². The van der Waals surface area contributed by atoms with Gasteiger partial charge < -0.3 is 5.32 Å². The quantitative estimate of drug-likeness (QED) is 0.694. The van der Waals surface area contributed by atoms with Crippen molar-refractivity contribution in [3.8, 4) is 0 Å². The molecular formula is C10H20N2O. The molecule has 0 radical (unpaired) electrons. The van der Waals surface area contributed by atoms with Crippen LogP contribution in [0.25, 0.3) is 0 Å². The Morgan fingerprint density at radius 3 is 3.00 bits per heavy atom. The van der Waals surface area contributed by atoms with Gasteiger partial charge in [0.25, 0.3) is 0 Å². The predicted molar refractivity (Wildman–Crippen MR) is 53.5 cm³/mol. The van der Waals surface area contributed by atoms with E-state index < -0.39 is 0 Å². The van der Waals surface area contributed by atoms with Crippen molar-refractivity contribution in [1.82, 2.24) is 10.2 Å². The van der Waals surface area contributed by atoms with Gasteiger partial charge in [-0.15, -0.1) is 0 Å². The molecule has 1 amide bonds. The molecular weight excluding hydrogens is 164 g/mol. The van der Waals surface area contributed by atoms with Crippen molar-refractivity contribution in [3.05, 3.63) is 0 Å². The minimum Gasteiger partial charge on any atom is -0.355 e. The lowest BCUT2D eigenvalue weighted by Gasteiger charge is -2.30. The largest absolute Gasteiger partial charge is 0.355 e. The standard InChI is InChI=1S/C10H20N2O/c1-4-8(2)12-7-5-6-11-10(13)9(12)3/h8-9H,4-7H2,1-3H3,(H,11,13). The van der Waals surface area contributed by atoms with Gasteiger partial charge in [0, 0.05) is 19.1 Å². The first kappa shape index (κ1) is 10.5. The molecule has 1 rings (SSSR count). The average molecular weight is 184 g/mol. The molecule has 76 valence electrons. The lowest BCUT2D eigenvalue weighted by atomic mass is 10.1.